The molecule has 1 aliphatic heterocycles. The van der Waals surface area contributed by atoms with Gasteiger partial charge < -0.3 is 9.47 Å². The Balaban J connectivity index is 0.000000153. The van der Waals surface area contributed by atoms with E-state index in [1.54, 1.807) is 21.5 Å². The van der Waals surface area contributed by atoms with Gasteiger partial charge in [-0.1, -0.05) is 39.1 Å². The van der Waals surface area contributed by atoms with Crippen LogP contribution in [0.1, 0.15) is 11.4 Å². The first-order valence-electron chi connectivity index (χ1n) is 13.0. The zero-order valence-corrected chi connectivity index (χ0v) is 25.8. The van der Waals surface area contributed by atoms with Gasteiger partial charge in [0.15, 0.2) is 0 Å². The number of rotatable bonds is 6. The molecule has 1 fully saturated rings. The number of pyridine rings is 4. The van der Waals surface area contributed by atoms with E-state index < -0.39 is 0 Å². The van der Waals surface area contributed by atoms with E-state index in [0.29, 0.717) is 35.5 Å². The van der Waals surface area contributed by atoms with Gasteiger partial charge in [0.25, 0.3) is 0 Å². The zero-order chi connectivity index (χ0) is 29.2. The molecule has 10 nitrogen and oxygen atoms in total. The second kappa shape index (κ2) is 12.4. The summed E-state index contributed by atoms with van der Waals surface area (Å²) >= 11 is 15.3. The number of ether oxygens (including phenoxy) is 2. The third-order valence-electron chi connectivity index (χ3n) is 6.63. The van der Waals surface area contributed by atoms with Crippen molar-refractivity contribution in [2.24, 2.45) is 14.1 Å². The van der Waals surface area contributed by atoms with Gasteiger partial charge in [0.1, 0.15) is 16.4 Å². The van der Waals surface area contributed by atoms with Crippen molar-refractivity contribution < 1.29 is 9.47 Å². The third-order valence-corrected chi connectivity index (χ3v) is 7.58. The Labute approximate surface area is 259 Å². The first-order valence-corrected chi connectivity index (χ1v) is 14.9. The SMILES string of the molecule is Cn1cc(-c2cnc3ccc(Cl)nc3c2)c(CBr)n1.Cn1cc(-c2cnc3ccc(Cl)nc3c2)c(COC2COC2)n1. The van der Waals surface area contributed by atoms with Crippen LogP contribution in [0, 0.1) is 0 Å². The van der Waals surface area contributed by atoms with Crippen molar-refractivity contribution in [2.45, 2.75) is 18.0 Å². The minimum Gasteiger partial charge on any atom is -0.376 e. The monoisotopic (exact) mass is 666 g/mol. The summed E-state index contributed by atoms with van der Waals surface area (Å²) in [5.74, 6) is 0. The largest absolute Gasteiger partial charge is 0.376 e. The number of alkyl halides is 1. The van der Waals surface area contributed by atoms with Crippen molar-refractivity contribution >= 4 is 61.2 Å². The maximum atomic E-state index is 5.97. The summed E-state index contributed by atoms with van der Waals surface area (Å²) in [5, 5.41) is 10.5. The highest BCUT2D eigenvalue weighted by Crippen LogP contribution is 2.28. The summed E-state index contributed by atoms with van der Waals surface area (Å²) in [4.78, 5) is 17.5. The van der Waals surface area contributed by atoms with Crippen molar-refractivity contribution in [3.8, 4) is 22.3 Å². The molecule has 214 valence electrons. The standard InChI is InChI=1S/C16H15ClN4O2.C13H10BrClN4/c1-21-6-12(15(20-21)9-23-11-7-22-8-11)10-4-14-13(18-5-10)2-3-16(17)19-14;1-19-7-9(12(5-14)18-19)8-4-11-10(16-6-8)2-3-13(15)17-11/h2-6,11H,7-9H2,1H3;2-4,6-7H,5H2,1H3. The van der Waals surface area contributed by atoms with Crippen molar-refractivity contribution in [3.63, 3.8) is 0 Å². The fourth-order valence-corrected chi connectivity index (χ4v) is 5.24. The van der Waals surface area contributed by atoms with Crippen LogP contribution >= 0.6 is 39.1 Å². The molecule has 0 aromatic carbocycles. The average Bonchev–Trinajstić information content (AvgIpc) is 3.53. The van der Waals surface area contributed by atoms with Crippen LogP contribution in [0.15, 0.2) is 61.2 Å². The first kappa shape index (κ1) is 28.6. The van der Waals surface area contributed by atoms with Gasteiger partial charge in [-0.2, -0.15) is 10.2 Å². The predicted molar refractivity (Wildman–Crippen MR) is 166 cm³/mol. The Morgan fingerprint density at radius 1 is 0.810 bits per heavy atom. The van der Waals surface area contributed by atoms with Crippen molar-refractivity contribution in [1.29, 1.82) is 0 Å². The van der Waals surface area contributed by atoms with Crippen molar-refractivity contribution in [1.82, 2.24) is 39.5 Å². The lowest BCUT2D eigenvalue weighted by atomic mass is 10.1. The molecule has 1 saturated heterocycles. The maximum absolute atomic E-state index is 5.97. The molecular weight excluding hydrogens is 643 g/mol. The molecule has 0 aliphatic carbocycles. The van der Waals surface area contributed by atoms with Gasteiger partial charge in [0.05, 0.1) is 53.3 Å². The Morgan fingerprint density at radius 3 is 1.83 bits per heavy atom. The molecule has 0 spiro atoms. The highest BCUT2D eigenvalue weighted by atomic mass is 79.9. The number of hydrogen-bond acceptors (Lipinski definition) is 8. The molecule has 13 heteroatoms. The summed E-state index contributed by atoms with van der Waals surface area (Å²) in [5.41, 5.74) is 9.03. The summed E-state index contributed by atoms with van der Waals surface area (Å²) in [6.07, 6.45) is 7.76. The number of fused-ring (bicyclic) bond motifs is 2. The molecule has 1 aliphatic rings. The predicted octanol–water partition coefficient (Wildman–Crippen LogP) is 6.18. The fourth-order valence-electron chi connectivity index (χ4n) is 4.52. The number of aryl methyl sites for hydroxylation is 2. The molecule has 0 unspecified atom stereocenters. The smallest absolute Gasteiger partial charge is 0.129 e. The topological polar surface area (TPSA) is 106 Å². The molecule has 0 saturated carbocycles. The Hall–Kier alpha value is -3.48. The molecule has 0 atom stereocenters. The van der Waals surface area contributed by atoms with Gasteiger partial charge in [-0.3, -0.25) is 19.3 Å². The number of halogens is 3. The fraction of sp³-hybridized carbons (Fsp3) is 0.241. The van der Waals surface area contributed by atoms with E-state index in [2.05, 4.69) is 46.1 Å². The van der Waals surface area contributed by atoms with Crippen LogP contribution in [0.3, 0.4) is 0 Å². The normalized spacial score (nSPS) is 13.3. The van der Waals surface area contributed by atoms with Crippen molar-refractivity contribution in [2.75, 3.05) is 13.2 Å². The van der Waals surface area contributed by atoms with Gasteiger partial charge >= 0.3 is 0 Å². The van der Waals surface area contributed by atoms with E-state index in [0.717, 1.165) is 55.7 Å². The van der Waals surface area contributed by atoms with Gasteiger partial charge in [0, 0.05) is 66.5 Å². The Kier molecular flexibility index (Phi) is 8.45. The average molecular weight is 668 g/mol. The van der Waals surface area contributed by atoms with E-state index >= 15 is 0 Å². The molecule has 0 radical (unpaired) electrons. The molecule has 7 heterocycles. The molecule has 0 bridgehead atoms. The molecule has 6 aromatic heterocycles. The minimum atomic E-state index is 0.167. The van der Waals surface area contributed by atoms with Gasteiger partial charge in [0.2, 0.25) is 0 Å². The van der Waals surface area contributed by atoms with Gasteiger partial charge in [-0.25, -0.2) is 9.97 Å². The number of nitrogens with zero attached hydrogens (tertiary/aromatic N) is 8. The number of aromatic nitrogens is 8. The van der Waals surface area contributed by atoms with Crippen LogP contribution in [0.4, 0.5) is 0 Å². The molecular formula is C29H25BrCl2N8O2. The summed E-state index contributed by atoms with van der Waals surface area (Å²) in [6.45, 7) is 1.76. The van der Waals surface area contributed by atoms with Crippen LogP contribution in [-0.4, -0.2) is 58.8 Å². The van der Waals surface area contributed by atoms with Crippen LogP contribution < -0.4 is 0 Å². The Morgan fingerprint density at radius 2 is 1.33 bits per heavy atom. The summed E-state index contributed by atoms with van der Waals surface area (Å²) < 4.78 is 14.5. The molecule has 6 aromatic rings. The molecule has 42 heavy (non-hydrogen) atoms. The van der Waals surface area contributed by atoms with E-state index in [-0.39, 0.29) is 6.10 Å². The molecule has 0 amide bonds. The third kappa shape index (κ3) is 6.30. The minimum absolute atomic E-state index is 0.167. The lowest BCUT2D eigenvalue weighted by Crippen LogP contribution is -2.35. The molecule has 0 N–H and O–H groups in total. The maximum Gasteiger partial charge on any atom is 0.129 e. The van der Waals surface area contributed by atoms with Gasteiger partial charge in [-0.05, 0) is 36.4 Å². The van der Waals surface area contributed by atoms with E-state index in [4.69, 9.17) is 32.7 Å². The van der Waals surface area contributed by atoms with Crippen LogP contribution in [0.2, 0.25) is 10.3 Å². The lowest BCUT2D eigenvalue weighted by Gasteiger charge is -2.25. The van der Waals surface area contributed by atoms with Crippen LogP contribution in [-0.2, 0) is 35.5 Å². The Bertz CT molecular complexity index is 1890. The summed E-state index contributed by atoms with van der Waals surface area (Å²) in [7, 11) is 3.79. The second-order valence-corrected chi connectivity index (χ2v) is 11.1. The summed E-state index contributed by atoms with van der Waals surface area (Å²) in [6, 6.07) is 11.2. The molecule has 7 rings (SSSR count). The highest BCUT2D eigenvalue weighted by Gasteiger charge is 2.21. The van der Waals surface area contributed by atoms with E-state index in [1.807, 2.05) is 63.1 Å². The quantitative estimate of drug-likeness (QED) is 0.153. The lowest BCUT2D eigenvalue weighted by molar-refractivity contribution is -0.135. The van der Waals surface area contributed by atoms with Crippen LogP contribution in [0.25, 0.3) is 44.3 Å². The van der Waals surface area contributed by atoms with E-state index in [1.165, 1.54) is 0 Å². The zero-order valence-electron chi connectivity index (χ0n) is 22.7. The van der Waals surface area contributed by atoms with Crippen LogP contribution in [0.5, 0.6) is 0 Å². The number of hydrogen-bond donors (Lipinski definition) is 0. The second-order valence-electron chi connectivity index (χ2n) is 9.72. The van der Waals surface area contributed by atoms with Crippen molar-refractivity contribution in [3.05, 3.63) is 82.9 Å². The highest BCUT2D eigenvalue weighted by molar-refractivity contribution is 9.08. The first-order chi connectivity index (χ1) is 20.4. The van der Waals surface area contributed by atoms with Gasteiger partial charge in [-0.15, -0.1) is 0 Å². The van der Waals surface area contributed by atoms with E-state index in [9.17, 15) is 0 Å².